The number of aliphatic hydroxyl groups excluding tert-OH is 1. The van der Waals surface area contributed by atoms with Crippen LogP contribution in [0.15, 0.2) is 24.3 Å². The molecule has 1 rings (SSSR count). The number of urea groups is 1. The largest absolute Gasteiger partial charge is 0.394 e. The minimum absolute atomic E-state index is 0.0548. The highest BCUT2D eigenvalue weighted by Crippen LogP contribution is 2.11. The zero-order valence-electron chi connectivity index (χ0n) is 10.6. The maximum Gasteiger partial charge on any atom is 0.319 e. The molecule has 0 spiro atoms. The van der Waals surface area contributed by atoms with Gasteiger partial charge in [0.25, 0.3) is 0 Å². The van der Waals surface area contributed by atoms with Crippen LogP contribution in [0.2, 0.25) is 0 Å². The average molecular weight is 250 g/mol. The van der Waals surface area contributed by atoms with Crippen LogP contribution in [0.4, 0.5) is 10.5 Å². The van der Waals surface area contributed by atoms with Gasteiger partial charge in [0, 0.05) is 11.3 Å². The summed E-state index contributed by atoms with van der Waals surface area (Å²) < 4.78 is 0. The van der Waals surface area contributed by atoms with E-state index in [1.165, 1.54) is 6.92 Å². The zero-order valence-corrected chi connectivity index (χ0v) is 10.6. The third kappa shape index (κ3) is 4.18. The lowest BCUT2D eigenvalue weighted by molar-refractivity contribution is 0.101. The molecule has 0 unspecified atom stereocenters. The Kier molecular flexibility index (Phi) is 5.32. The summed E-state index contributed by atoms with van der Waals surface area (Å²) in [6.45, 7) is 3.24. The van der Waals surface area contributed by atoms with Crippen LogP contribution in [0.1, 0.15) is 30.6 Å². The maximum atomic E-state index is 11.6. The molecule has 0 bridgehead atoms. The molecule has 1 aromatic carbocycles. The van der Waals surface area contributed by atoms with Gasteiger partial charge < -0.3 is 15.7 Å². The van der Waals surface area contributed by atoms with Crippen LogP contribution in [0.5, 0.6) is 0 Å². The Morgan fingerprint density at radius 3 is 2.67 bits per heavy atom. The summed E-state index contributed by atoms with van der Waals surface area (Å²) in [4.78, 5) is 22.8. The van der Waals surface area contributed by atoms with Crippen LogP contribution in [-0.2, 0) is 0 Å². The molecule has 98 valence electrons. The predicted molar refractivity (Wildman–Crippen MR) is 69.8 cm³/mol. The summed E-state index contributed by atoms with van der Waals surface area (Å²) in [6.07, 6.45) is 0.650. The van der Waals surface area contributed by atoms with E-state index in [-0.39, 0.29) is 18.4 Å². The van der Waals surface area contributed by atoms with Crippen molar-refractivity contribution < 1.29 is 14.7 Å². The van der Waals surface area contributed by atoms with Crippen molar-refractivity contribution in [1.82, 2.24) is 5.32 Å². The van der Waals surface area contributed by atoms with Gasteiger partial charge in [-0.1, -0.05) is 19.1 Å². The van der Waals surface area contributed by atoms with Crippen LogP contribution in [0, 0.1) is 0 Å². The first-order valence-corrected chi connectivity index (χ1v) is 5.86. The molecule has 18 heavy (non-hydrogen) atoms. The number of carbonyl (C=O) groups excluding carboxylic acids is 2. The molecule has 1 atom stereocenters. The van der Waals surface area contributed by atoms with Crippen LogP contribution >= 0.6 is 0 Å². The monoisotopic (exact) mass is 250 g/mol. The van der Waals surface area contributed by atoms with Gasteiger partial charge in [-0.15, -0.1) is 0 Å². The van der Waals surface area contributed by atoms with Crippen molar-refractivity contribution in [2.75, 3.05) is 11.9 Å². The molecule has 0 radical (unpaired) electrons. The number of benzene rings is 1. The number of aliphatic hydroxyl groups is 1. The van der Waals surface area contributed by atoms with Crippen LogP contribution in [0.3, 0.4) is 0 Å². The number of amides is 2. The fourth-order valence-electron chi connectivity index (χ4n) is 1.45. The summed E-state index contributed by atoms with van der Waals surface area (Å²) in [5, 5.41) is 14.2. The van der Waals surface area contributed by atoms with Gasteiger partial charge in [-0.2, -0.15) is 0 Å². The first-order valence-electron chi connectivity index (χ1n) is 5.86. The van der Waals surface area contributed by atoms with E-state index in [4.69, 9.17) is 5.11 Å². The number of ketones is 1. The van der Waals surface area contributed by atoms with Crippen molar-refractivity contribution >= 4 is 17.5 Å². The van der Waals surface area contributed by atoms with Crippen molar-refractivity contribution in [3.8, 4) is 0 Å². The summed E-state index contributed by atoms with van der Waals surface area (Å²) in [6, 6.07) is 6.05. The van der Waals surface area contributed by atoms with Crippen molar-refractivity contribution in [2.24, 2.45) is 0 Å². The van der Waals surface area contributed by atoms with E-state index >= 15 is 0 Å². The van der Waals surface area contributed by atoms with E-state index in [9.17, 15) is 9.59 Å². The number of hydrogen-bond acceptors (Lipinski definition) is 3. The molecule has 5 nitrogen and oxygen atoms in total. The number of nitrogens with one attached hydrogen (secondary N) is 2. The Hall–Kier alpha value is -1.88. The Morgan fingerprint density at radius 2 is 2.11 bits per heavy atom. The zero-order chi connectivity index (χ0) is 13.5. The van der Waals surface area contributed by atoms with Gasteiger partial charge in [-0.05, 0) is 25.5 Å². The smallest absolute Gasteiger partial charge is 0.319 e. The van der Waals surface area contributed by atoms with Gasteiger partial charge in [0.15, 0.2) is 5.78 Å². The topological polar surface area (TPSA) is 78.4 Å². The van der Waals surface area contributed by atoms with Gasteiger partial charge in [0.2, 0.25) is 0 Å². The standard InChI is InChI=1S/C13H18N2O3/c1-3-11(8-16)14-13(18)15-12-6-4-5-10(7-12)9(2)17/h4-7,11,16H,3,8H2,1-2H3,(H2,14,15,18)/t11-/m0/s1. The fourth-order valence-corrected chi connectivity index (χ4v) is 1.45. The van der Waals surface area contributed by atoms with Gasteiger partial charge >= 0.3 is 6.03 Å². The molecule has 2 amide bonds. The van der Waals surface area contributed by atoms with Crippen molar-refractivity contribution in [3.63, 3.8) is 0 Å². The number of carbonyl (C=O) groups is 2. The number of anilines is 1. The molecule has 0 aliphatic heterocycles. The highest BCUT2D eigenvalue weighted by molar-refractivity contribution is 5.96. The van der Waals surface area contributed by atoms with E-state index < -0.39 is 6.03 Å². The number of rotatable bonds is 5. The lowest BCUT2D eigenvalue weighted by atomic mass is 10.1. The Balaban J connectivity index is 2.64. The average Bonchev–Trinajstić information content (AvgIpc) is 2.36. The molecule has 3 N–H and O–H groups in total. The molecular weight excluding hydrogens is 232 g/mol. The SMILES string of the molecule is CC[C@@H](CO)NC(=O)Nc1cccc(C(C)=O)c1. The molecular formula is C13H18N2O3. The molecule has 0 saturated carbocycles. The predicted octanol–water partition coefficient (Wildman–Crippen LogP) is 1.78. The third-order valence-electron chi connectivity index (χ3n) is 2.58. The fraction of sp³-hybridized carbons (Fsp3) is 0.385. The summed E-state index contributed by atoms with van der Waals surface area (Å²) >= 11 is 0. The second-order valence-electron chi connectivity index (χ2n) is 4.02. The van der Waals surface area contributed by atoms with E-state index in [1.54, 1.807) is 24.3 Å². The van der Waals surface area contributed by atoms with Crippen molar-refractivity contribution in [2.45, 2.75) is 26.3 Å². The second kappa shape index (κ2) is 6.76. The molecule has 0 heterocycles. The molecule has 0 saturated heterocycles. The summed E-state index contributed by atoms with van der Waals surface area (Å²) in [5.74, 6) is -0.0548. The van der Waals surface area contributed by atoms with Crippen LogP contribution < -0.4 is 10.6 Å². The molecule has 5 heteroatoms. The van der Waals surface area contributed by atoms with Gasteiger partial charge in [-0.3, -0.25) is 4.79 Å². The van der Waals surface area contributed by atoms with Gasteiger partial charge in [-0.25, -0.2) is 4.79 Å². The minimum atomic E-state index is -0.392. The first-order chi connectivity index (χ1) is 8.56. The van der Waals surface area contributed by atoms with E-state index in [0.29, 0.717) is 17.7 Å². The second-order valence-corrected chi connectivity index (χ2v) is 4.02. The molecule has 0 fully saturated rings. The highest BCUT2D eigenvalue weighted by Gasteiger charge is 2.09. The lowest BCUT2D eigenvalue weighted by Gasteiger charge is -2.14. The van der Waals surface area contributed by atoms with Gasteiger partial charge in [0.05, 0.1) is 12.6 Å². The molecule has 0 aliphatic rings. The van der Waals surface area contributed by atoms with Crippen LogP contribution in [0.25, 0.3) is 0 Å². The van der Waals surface area contributed by atoms with Crippen LogP contribution in [-0.4, -0.2) is 29.6 Å². The Labute approximate surface area is 106 Å². The molecule has 0 aromatic heterocycles. The molecule has 0 aliphatic carbocycles. The third-order valence-corrected chi connectivity index (χ3v) is 2.58. The normalized spacial score (nSPS) is 11.7. The van der Waals surface area contributed by atoms with Crippen molar-refractivity contribution in [1.29, 1.82) is 0 Å². The first kappa shape index (κ1) is 14.2. The van der Waals surface area contributed by atoms with E-state index in [2.05, 4.69) is 10.6 Å². The molecule has 1 aromatic rings. The minimum Gasteiger partial charge on any atom is -0.394 e. The number of Topliss-reactive ketones (excluding diaryl/α,β-unsaturated/α-hetero) is 1. The van der Waals surface area contributed by atoms with Gasteiger partial charge in [0.1, 0.15) is 0 Å². The highest BCUT2D eigenvalue weighted by atomic mass is 16.3. The van der Waals surface area contributed by atoms with Crippen molar-refractivity contribution in [3.05, 3.63) is 29.8 Å². The maximum absolute atomic E-state index is 11.6. The van der Waals surface area contributed by atoms with E-state index in [0.717, 1.165) is 0 Å². The number of hydrogen-bond donors (Lipinski definition) is 3. The quantitative estimate of drug-likeness (QED) is 0.697. The lowest BCUT2D eigenvalue weighted by Crippen LogP contribution is -2.39. The summed E-state index contributed by atoms with van der Waals surface area (Å²) in [5.41, 5.74) is 1.09. The Bertz CT molecular complexity index is 428. The van der Waals surface area contributed by atoms with E-state index in [1.807, 2.05) is 6.92 Å². The summed E-state index contributed by atoms with van der Waals surface area (Å²) in [7, 11) is 0. The Morgan fingerprint density at radius 1 is 1.39 bits per heavy atom.